The first-order chi connectivity index (χ1) is 4.95. The average molecular weight is 163 g/mol. The molecule has 11 heavy (non-hydrogen) atoms. The summed E-state index contributed by atoms with van der Waals surface area (Å²) in [5.74, 6) is -0.372. The van der Waals surface area contributed by atoms with Gasteiger partial charge in [0.05, 0.1) is 0 Å². The first-order valence-corrected chi connectivity index (χ1v) is 3.14. The lowest BCUT2D eigenvalue weighted by Gasteiger charge is -2.14. The third-order valence-corrected chi connectivity index (χ3v) is 1.19. The third-order valence-electron chi connectivity index (χ3n) is 1.19. The smallest absolute Gasteiger partial charge is 0.405 e. The van der Waals surface area contributed by atoms with Gasteiger partial charge in [0.15, 0.2) is 0 Å². The predicted octanol–water partition coefficient (Wildman–Crippen LogP) is 0.775. The molecule has 1 amide bonds. The van der Waals surface area contributed by atoms with Crippen LogP contribution in [0.5, 0.6) is 0 Å². The van der Waals surface area contributed by atoms with E-state index in [2.05, 4.69) is 0 Å². The standard InChI is InChI=1S/C6H10FNO3/c1-3(2)4(5(7)9)8-6(10)11/h3-4,8H,1-2H3,(H,10,11). The average Bonchev–Trinajstić information content (AvgIpc) is 1.81. The van der Waals surface area contributed by atoms with Crippen LogP contribution in [0.25, 0.3) is 0 Å². The zero-order valence-corrected chi connectivity index (χ0v) is 6.30. The molecule has 4 nitrogen and oxygen atoms in total. The highest BCUT2D eigenvalue weighted by molar-refractivity contribution is 5.79. The van der Waals surface area contributed by atoms with Gasteiger partial charge >= 0.3 is 12.1 Å². The van der Waals surface area contributed by atoms with Crippen molar-refractivity contribution in [2.75, 3.05) is 0 Å². The molecule has 0 aliphatic carbocycles. The molecule has 0 aliphatic rings. The van der Waals surface area contributed by atoms with E-state index in [4.69, 9.17) is 5.11 Å². The summed E-state index contributed by atoms with van der Waals surface area (Å²) in [5.41, 5.74) is 0. The van der Waals surface area contributed by atoms with Gasteiger partial charge in [-0.2, -0.15) is 4.39 Å². The van der Waals surface area contributed by atoms with Crippen LogP contribution in [0.2, 0.25) is 0 Å². The molecule has 0 aromatic heterocycles. The Hall–Kier alpha value is -1.13. The zero-order chi connectivity index (χ0) is 9.02. The van der Waals surface area contributed by atoms with Crippen molar-refractivity contribution < 1.29 is 19.1 Å². The highest BCUT2D eigenvalue weighted by atomic mass is 19.1. The maximum Gasteiger partial charge on any atom is 0.405 e. The van der Waals surface area contributed by atoms with E-state index in [9.17, 15) is 14.0 Å². The zero-order valence-electron chi connectivity index (χ0n) is 6.30. The van der Waals surface area contributed by atoms with Gasteiger partial charge < -0.3 is 10.4 Å². The number of carboxylic acid groups (broad SMARTS) is 1. The summed E-state index contributed by atoms with van der Waals surface area (Å²) in [5, 5.41) is 9.92. The van der Waals surface area contributed by atoms with Gasteiger partial charge in [-0.25, -0.2) is 4.79 Å². The third kappa shape index (κ3) is 3.54. The van der Waals surface area contributed by atoms with Crippen LogP contribution in [0.1, 0.15) is 13.8 Å². The van der Waals surface area contributed by atoms with Crippen LogP contribution < -0.4 is 5.32 Å². The van der Waals surface area contributed by atoms with E-state index in [1.54, 1.807) is 19.2 Å². The van der Waals surface area contributed by atoms with Gasteiger partial charge in [-0.3, -0.25) is 4.79 Å². The normalized spacial score (nSPS) is 12.7. The summed E-state index contributed by atoms with van der Waals surface area (Å²) >= 11 is 0. The van der Waals surface area contributed by atoms with Gasteiger partial charge in [-0.15, -0.1) is 0 Å². The predicted molar refractivity (Wildman–Crippen MR) is 35.9 cm³/mol. The number of carbonyl (C=O) groups excluding carboxylic acids is 1. The monoisotopic (exact) mass is 163 g/mol. The minimum atomic E-state index is -1.65. The van der Waals surface area contributed by atoms with Crippen molar-refractivity contribution in [1.29, 1.82) is 0 Å². The molecule has 2 N–H and O–H groups in total. The summed E-state index contributed by atoms with van der Waals surface area (Å²) in [6.07, 6.45) is -1.39. The molecule has 0 heterocycles. The molecule has 0 rings (SSSR count). The summed E-state index contributed by atoms with van der Waals surface area (Å²) in [7, 11) is 0. The van der Waals surface area contributed by atoms with Crippen molar-refractivity contribution in [3.05, 3.63) is 0 Å². The molecule has 0 saturated heterocycles. The van der Waals surface area contributed by atoms with E-state index in [0.29, 0.717) is 0 Å². The molecule has 0 aliphatic heterocycles. The van der Waals surface area contributed by atoms with Crippen LogP contribution in [-0.4, -0.2) is 23.3 Å². The largest absolute Gasteiger partial charge is 0.465 e. The number of rotatable bonds is 3. The van der Waals surface area contributed by atoms with E-state index in [-0.39, 0.29) is 5.92 Å². The van der Waals surface area contributed by atoms with Gasteiger partial charge in [0.25, 0.3) is 0 Å². The van der Waals surface area contributed by atoms with Gasteiger partial charge in [-0.1, -0.05) is 13.8 Å². The second kappa shape index (κ2) is 3.90. The molecular weight excluding hydrogens is 153 g/mol. The highest BCUT2D eigenvalue weighted by Crippen LogP contribution is 2.02. The van der Waals surface area contributed by atoms with Crippen molar-refractivity contribution in [1.82, 2.24) is 5.32 Å². The maximum atomic E-state index is 12.0. The number of hydrogen-bond donors (Lipinski definition) is 2. The lowest BCUT2D eigenvalue weighted by atomic mass is 10.1. The van der Waals surface area contributed by atoms with Crippen molar-refractivity contribution in [3.63, 3.8) is 0 Å². The molecule has 5 heteroatoms. The van der Waals surface area contributed by atoms with E-state index in [1.165, 1.54) is 0 Å². The topological polar surface area (TPSA) is 66.4 Å². The number of nitrogens with one attached hydrogen (secondary N) is 1. The Morgan fingerprint density at radius 2 is 1.91 bits per heavy atom. The van der Waals surface area contributed by atoms with Crippen LogP contribution in [-0.2, 0) is 4.79 Å². The SMILES string of the molecule is CC(C)C(NC(=O)O)C(=O)F. The first-order valence-electron chi connectivity index (χ1n) is 3.14. The number of halogens is 1. The Balaban J connectivity index is 4.12. The first kappa shape index (κ1) is 9.87. The molecule has 0 spiro atoms. The molecule has 0 aromatic carbocycles. The van der Waals surface area contributed by atoms with E-state index >= 15 is 0 Å². The summed E-state index contributed by atoms with van der Waals surface area (Å²) in [6.45, 7) is 3.11. The molecular formula is C6H10FNO3. The Morgan fingerprint density at radius 3 is 2.00 bits per heavy atom. The second-order valence-electron chi connectivity index (χ2n) is 2.48. The minimum Gasteiger partial charge on any atom is -0.465 e. The summed E-state index contributed by atoms with van der Waals surface area (Å²) < 4.78 is 12.0. The van der Waals surface area contributed by atoms with Gasteiger partial charge in [-0.05, 0) is 5.92 Å². The summed E-state index contributed by atoms with van der Waals surface area (Å²) in [6, 6.07) is -2.89. The molecule has 0 bridgehead atoms. The molecule has 0 saturated carbocycles. The number of amides is 1. The molecule has 0 radical (unpaired) electrons. The van der Waals surface area contributed by atoms with E-state index < -0.39 is 18.2 Å². The van der Waals surface area contributed by atoms with Crippen LogP contribution >= 0.6 is 0 Å². The fraction of sp³-hybridized carbons (Fsp3) is 0.667. The van der Waals surface area contributed by atoms with Crippen molar-refractivity contribution in [2.45, 2.75) is 19.9 Å². The quantitative estimate of drug-likeness (QED) is 0.604. The van der Waals surface area contributed by atoms with Gasteiger partial charge in [0, 0.05) is 0 Å². The molecule has 0 fully saturated rings. The Labute approximate surface area is 63.4 Å². The fourth-order valence-electron chi connectivity index (χ4n) is 0.619. The molecule has 1 atom stereocenters. The lowest BCUT2D eigenvalue weighted by molar-refractivity contribution is -0.132. The maximum absolute atomic E-state index is 12.0. The van der Waals surface area contributed by atoms with Crippen LogP contribution in [0, 0.1) is 5.92 Å². The number of carbonyl (C=O) groups is 2. The highest BCUT2D eigenvalue weighted by Gasteiger charge is 2.23. The van der Waals surface area contributed by atoms with Crippen molar-refractivity contribution in [2.24, 2.45) is 5.92 Å². The summed E-state index contributed by atoms with van der Waals surface area (Å²) in [4.78, 5) is 20.1. The van der Waals surface area contributed by atoms with Crippen LogP contribution in [0.15, 0.2) is 0 Å². The van der Waals surface area contributed by atoms with Crippen molar-refractivity contribution >= 4 is 12.1 Å². The van der Waals surface area contributed by atoms with Crippen LogP contribution in [0.3, 0.4) is 0 Å². The lowest BCUT2D eigenvalue weighted by Crippen LogP contribution is -2.42. The fourth-order valence-corrected chi connectivity index (χ4v) is 0.619. The Kier molecular flexibility index (Phi) is 3.50. The van der Waals surface area contributed by atoms with Crippen molar-refractivity contribution in [3.8, 4) is 0 Å². The van der Waals surface area contributed by atoms with E-state index in [1.807, 2.05) is 0 Å². The van der Waals surface area contributed by atoms with Gasteiger partial charge in [0.2, 0.25) is 0 Å². The number of hydrogen-bond acceptors (Lipinski definition) is 2. The van der Waals surface area contributed by atoms with E-state index in [0.717, 1.165) is 0 Å². The van der Waals surface area contributed by atoms with Gasteiger partial charge in [0.1, 0.15) is 6.04 Å². The molecule has 64 valence electrons. The Bertz CT molecular complexity index is 169. The molecule has 0 aromatic rings. The Morgan fingerprint density at radius 1 is 1.45 bits per heavy atom. The van der Waals surface area contributed by atoms with Crippen LogP contribution in [0.4, 0.5) is 9.18 Å². The molecule has 1 unspecified atom stereocenters. The second-order valence-corrected chi connectivity index (χ2v) is 2.48. The minimum absolute atomic E-state index is 0.372.